The van der Waals surface area contributed by atoms with E-state index in [9.17, 15) is 18.0 Å². The molecule has 1 saturated heterocycles. The van der Waals surface area contributed by atoms with E-state index in [1.54, 1.807) is 0 Å². The minimum atomic E-state index is -5.08. The average molecular weight is 255 g/mol. The summed E-state index contributed by atoms with van der Waals surface area (Å²) in [5.41, 5.74) is 5.51. The highest BCUT2D eigenvalue weighted by Crippen LogP contribution is 2.32. The van der Waals surface area contributed by atoms with Gasteiger partial charge in [0.15, 0.2) is 5.78 Å². The number of hydrogen-bond donors (Lipinski definition) is 3. The lowest BCUT2D eigenvalue weighted by atomic mass is 10.0. The number of hydrogen-bond acceptors (Lipinski definition) is 5. The zero-order chi connectivity index (χ0) is 13.4. The lowest BCUT2D eigenvalue weighted by molar-refractivity contribution is -0.192. The number of carboxylic acids is 1. The van der Waals surface area contributed by atoms with E-state index in [0.717, 1.165) is 0 Å². The number of carboxylic acid groups (broad SMARTS) is 1. The van der Waals surface area contributed by atoms with Gasteiger partial charge in [-0.2, -0.15) is 13.2 Å². The van der Waals surface area contributed by atoms with Crippen molar-refractivity contribution in [2.24, 2.45) is 5.73 Å². The first-order valence-corrected chi connectivity index (χ1v) is 4.29. The van der Waals surface area contributed by atoms with E-state index in [1.165, 1.54) is 6.08 Å². The Bertz CT molecular complexity index is 378. The van der Waals surface area contributed by atoms with Crippen molar-refractivity contribution in [3.63, 3.8) is 0 Å². The van der Waals surface area contributed by atoms with Gasteiger partial charge in [-0.25, -0.2) is 4.79 Å². The SMILES string of the molecule is NC1=CC(=O)C2OC2C1O.O=C(O)C(F)(F)F. The van der Waals surface area contributed by atoms with Crippen LogP contribution in [-0.2, 0) is 14.3 Å². The Morgan fingerprint density at radius 2 is 1.94 bits per heavy atom. The van der Waals surface area contributed by atoms with Crippen molar-refractivity contribution >= 4 is 11.8 Å². The third-order valence-electron chi connectivity index (χ3n) is 2.01. The topological polar surface area (TPSA) is 113 Å². The summed E-state index contributed by atoms with van der Waals surface area (Å²) in [5, 5.41) is 16.3. The lowest BCUT2D eigenvalue weighted by Gasteiger charge is -2.09. The first-order valence-electron chi connectivity index (χ1n) is 4.29. The number of alkyl halides is 3. The summed E-state index contributed by atoms with van der Waals surface area (Å²) in [5.74, 6) is -2.89. The highest BCUT2D eigenvalue weighted by molar-refractivity contribution is 5.97. The Balaban J connectivity index is 0.000000185. The van der Waals surface area contributed by atoms with Crippen molar-refractivity contribution in [1.29, 1.82) is 0 Å². The van der Waals surface area contributed by atoms with Crippen molar-refractivity contribution < 1.29 is 37.7 Å². The van der Waals surface area contributed by atoms with E-state index in [2.05, 4.69) is 0 Å². The normalized spacial score (nSPS) is 30.7. The van der Waals surface area contributed by atoms with Gasteiger partial charge >= 0.3 is 12.1 Å². The minimum absolute atomic E-state index is 0.132. The number of carbonyl (C=O) groups excluding carboxylic acids is 1. The van der Waals surface area contributed by atoms with Crippen LogP contribution in [0.5, 0.6) is 0 Å². The van der Waals surface area contributed by atoms with E-state index >= 15 is 0 Å². The van der Waals surface area contributed by atoms with Crippen molar-refractivity contribution in [1.82, 2.24) is 0 Å². The monoisotopic (exact) mass is 255 g/mol. The molecule has 4 N–H and O–H groups in total. The minimum Gasteiger partial charge on any atom is -0.475 e. The molecule has 9 heteroatoms. The molecule has 0 aromatic carbocycles. The molecule has 1 fully saturated rings. The third-order valence-corrected chi connectivity index (χ3v) is 2.01. The van der Waals surface area contributed by atoms with E-state index in [1.807, 2.05) is 0 Å². The van der Waals surface area contributed by atoms with Gasteiger partial charge in [0.2, 0.25) is 0 Å². The molecule has 2 rings (SSSR count). The van der Waals surface area contributed by atoms with Crippen LogP contribution in [0.25, 0.3) is 0 Å². The highest BCUT2D eigenvalue weighted by Gasteiger charge is 2.52. The van der Waals surface area contributed by atoms with Crippen LogP contribution in [0.1, 0.15) is 0 Å². The maximum absolute atomic E-state index is 10.8. The van der Waals surface area contributed by atoms with Crippen molar-refractivity contribution in [3.05, 3.63) is 11.8 Å². The standard InChI is InChI=1S/C6H7NO3.C2HF3O2/c7-2-1-3(8)5-6(10-5)4(2)9;3-2(4,5)1(6)7/h1,4-6,9H,7H2;(H,6,7). The molecular weight excluding hydrogens is 247 g/mol. The number of aliphatic hydroxyl groups excluding tert-OH is 1. The van der Waals surface area contributed by atoms with Crippen LogP contribution in [0.4, 0.5) is 13.2 Å². The number of ether oxygens (including phenoxy) is 1. The van der Waals surface area contributed by atoms with Gasteiger partial charge in [0, 0.05) is 11.8 Å². The molecule has 17 heavy (non-hydrogen) atoms. The fourth-order valence-electron chi connectivity index (χ4n) is 1.11. The summed E-state index contributed by atoms with van der Waals surface area (Å²) in [6, 6.07) is 0. The number of aliphatic carboxylic acids is 1. The Hall–Kier alpha value is -1.61. The molecule has 2 aliphatic rings. The van der Waals surface area contributed by atoms with Crippen molar-refractivity contribution in [2.75, 3.05) is 0 Å². The quantitative estimate of drug-likeness (QED) is 0.487. The predicted octanol–water partition coefficient (Wildman–Crippen LogP) is -0.827. The molecule has 1 heterocycles. The largest absolute Gasteiger partial charge is 0.490 e. The van der Waals surface area contributed by atoms with Crippen LogP contribution < -0.4 is 5.73 Å². The fraction of sp³-hybridized carbons (Fsp3) is 0.500. The second-order valence-electron chi connectivity index (χ2n) is 3.32. The van der Waals surface area contributed by atoms with Crippen LogP contribution in [0.15, 0.2) is 11.8 Å². The van der Waals surface area contributed by atoms with E-state index in [-0.39, 0.29) is 17.6 Å². The molecule has 0 aromatic rings. The maximum atomic E-state index is 10.8. The number of halogens is 3. The lowest BCUT2D eigenvalue weighted by Crippen LogP contribution is -2.31. The van der Waals surface area contributed by atoms with Gasteiger partial charge in [0.05, 0.1) is 0 Å². The smallest absolute Gasteiger partial charge is 0.475 e. The molecule has 0 aromatic heterocycles. The molecule has 0 radical (unpaired) electrons. The second-order valence-corrected chi connectivity index (χ2v) is 3.32. The molecule has 3 atom stereocenters. The summed E-state index contributed by atoms with van der Waals surface area (Å²) < 4.78 is 36.6. The van der Waals surface area contributed by atoms with Crippen LogP contribution in [-0.4, -0.2) is 46.5 Å². The number of fused-ring (bicyclic) bond motifs is 1. The number of aliphatic hydroxyl groups is 1. The summed E-state index contributed by atoms with van der Waals surface area (Å²) in [4.78, 5) is 19.7. The average Bonchev–Trinajstić information content (AvgIpc) is 2.93. The van der Waals surface area contributed by atoms with Gasteiger partial charge in [-0.05, 0) is 0 Å². The number of epoxide rings is 1. The first-order chi connectivity index (χ1) is 7.64. The summed E-state index contributed by atoms with van der Waals surface area (Å²) >= 11 is 0. The zero-order valence-electron chi connectivity index (χ0n) is 8.14. The van der Waals surface area contributed by atoms with Crippen LogP contribution in [0, 0.1) is 0 Å². The molecule has 6 nitrogen and oxygen atoms in total. The molecule has 96 valence electrons. The summed E-state index contributed by atoms with van der Waals surface area (Å²) in [6.07, 6.45) is -5.40. The van der Waals surface area contributed by atoms with E-state index in [0.29, 0.717) is 0 Å². The summed E-state index contributed by atoms with van der Waals surface area (Å²) in [6.45, 7) is 0. The second kappa shape index (κ2) is 4.34. The van der Waals surface area contributed by atoms with Crippen LogP contribution in [0.3, 0.4) is 0 Å². The number of ketones is 1. The number of carbonyl (C=O) groups is 2. The number of nitrogens with two attached hydrogens (primary N) is 1. The van der Waals surface area contributed by atoms with E-state index < -0.39 is 24.4 Å². The molecular formula is C8H8F3NO5. The van der Waals surface area contributed by atoms with Crippen LogP contribution >= 0.6 is 0 Å². The third kappa shape index (κ3) is 3.17. The highest BCUT2D eigenvalue weighted by atomic mass is 19.4. The first kappa shape index (κ1) is 13.5. The van der Waals surface area contributed by atoms with Gasteiger partial charge in [-0.1, -0.05) is 0 Å². The molecule has 0 saturated carbocycles. The van der Waals surface area contributed by atoms with Gasteiger partial charge in [0.1, 0.15) is 18.3 Å². The van der Waals surface area contributed by atoms with Crippen molar-refractivity contribution in [2.45, 2.75) is 24.5 Å². The van der Waals surface area contributed by atoms with Gasteiger partial charge in [-0.3, -0.25) is 4.79 Å². The van der Waals surface area contributed by atoms with Crippen molar-refractivity contribution in [3.8, 4) is 0 Å². The van der Waals surface area contributed by atoms with Crippen LogP contribution in [0.2, 0.25) is 0 Å². The molecule has 0 spiro atoms. The zero-order valence-corrected chi connectivity index (χ0v) is 8.14. The Kier molecular flexibility index (Phi) is 3.43. The number of rotatable bonds is 0. The molecule has 1 aliphatic heterocycles. The molecule has 3 unspecified atom stereocenters. The fourth-order valence-corrected chi connectivity index (χ4v) is 1.11. The van der Waals surface area contributed by atoms with Gasteiger partial charge in [-0.15, -0.1) is 0 Å². The predicted molar refractivity (Wildman–Crippen MR) is 45.6 cm³/mol. The molecule has 0 bridgehead atoms. The summed E-state index contributed by atoms with van der Waals surface area (Å²) in [7, 11) is 0. The molecule has 1 aliphatic carbocycles. The maximum Gasteiger partial charge on any atom is 0.490 e. The van der Waals surface area contributed by atoms with E-state index in [4.69, 9.17) is 25.5 Å². The Morgan fingerprint density at radius 1 is 1.47 bits per heavy atom. The van der Waals surface area contributed by atoms with Gasteiger partial charge < -0.3 is 20.7 Å². The Labute approximate surface area is 92.5 Å². The Morgan fingerprint density at radius 3 is 2.35 bits per heavy atom. The van der Waals surface area contributed by atoms with Gasteiger partial charge in [0.25, 0.3) is 0 Å². The molecule has 0 amide bonds.